The van der Waals surface area contributed by atoms with Crippen LogP contribution in [0, 0.1) is 0 Å². The fraction of sp³-hybridized carbons (Fsp3) is 0.800. The number of esters is 1. The molecule has 3 nitrogen and oxygen atoms in total. The largest absolute Gasteiger partial charge is 3.00 e. The van der Waals surface area contributed by atoms with Crippen molar-refractivity contribution in [3.8, 4) is 0 Å². The molecule has 56 valence electrons. The summed E-state index contributed by atoms with van der Waals surface area (Å²) in [4.78, 5) is 10.3. The van der Waals surface area contributed by atoms with Crippen molar-refractivity contribution in [2.24, 2.45) is 0 Å². The van der Waals surface area contributed by atoms with Crippen molar-refractivity contribution < 1.29 is 14.3 Å². The number of carbonyl (C=O) groups is 1. The number of rotatable bonds is 4. The van der Waals surface area contributed by atoms with E-state index in [4.69, 9.17) is 0 Å². The Kier molecular flexibility index (Phi) is 12.7. The van der Waals surface area contributed by atoms with Gasteiger partial charge in [-0.2, -0.15) is 12.6 Å². The molecule has 0 unspecified atom stereocenters. The van der Waals surface area contributed by atoms with Gasteiger partial charge < -0.3 is 9.47 Å². The number of hydrogen-bond acceptors (Lipinski definition) is 4. The Balaban J connectivity index is 0. The van der Waals surface area contributed by atoms with Gasteiger partial charge in [-0.05, 0) is 0 Å². The predicted molar refractivity (Wildman–Crippen MR) is 42.4 cm³/mol. The van der Waals surface area contributed by atoms with Crippen molar-refractivity contribution in [1.82, 2.24) is 0 Å². The molecular weight excluding hydrogens is 262 g/mol. The second-order valence-electron chi connectivity index (χ2n) is 1.37. The maximum absolute atomic E-state index is 10.3. The zero-order valence-electron chi connectivity index (χ0n) is 5.74. The number of thiol groups is 1. The second kappa shape index (κ2) is 9.60. The quantitative estimate of drug-likeness (QED) is 0.331. The van der Waals surface area contributed by atoms with E-state index in [0.29, 0.717) is 13.2 Å². The molecule has 0 rings (SSSR count). The molecule has 10 heavy (non-hydrogen) atoms. The first-order valence-electron chi connectivity index (χ1n) is 2.56. The first kappa shape index (κ1) is 13.2. The maximum Gasteiger partial charge on any atom is 3.00 e. The van der Waals surface area contributed by atoms with Crippen molar-refractivity contribution in [3.63, 3.8) is 0 Å². The van der Waals surface area contributed by atoms with Crippen molar-refractivity contribution in [1.29, 1.82) is 0 Å². The number of carbonyl (C=O) groups excluding carboxylic acids is 1. The molecule has 0 atom stereocenters. The summed E-state index contributed by atoms with van der Waals surface area (Å²) in [6.07, 6.45) is 0. The van der Waals surface area contributed by atoms with Gasteiger partial charge in [0.2, 0.25) is 0 Å². The molecule has 0 aliphatic carbocycles. The third-order valence-corrected chi connectivity index (χ3v) is 0.938. The van der Waals surface area contributed by atoms with E-state index < -0.39 is 0 Å². The van der Waals surface area contributed by atoms with E-state index in [0.717, 1.165) is 0 Å². The molecule has 0 N–H and O–H groups in total. The van der Waals surface area contributed by atoms with E-state index in [2.05, 4.69) is 22.1 Å². The minimum absolute atomic E-state index is 0. The average Bonchev–Trinajstić information content (AvgIpc) is 1.89. The Hall–Kier alpha value is 0.598. The van der Waals surface area contributed by atoms with Crippen molar-refractivity contribution in [2.75, 3.05) is 26.1 Å². The molecular formula is C5H10O3SSb+3. The smallest absolute Gasteiger partial charge is 0.463 e. The van der Waals surface area contributed by atoms with Gasteiger partial charge in [0.1, 0.15) is 6.61 Å². The molecule has 0 spiro atoms. The van der Waals surface area contributed by atoms with E-state index in [9.17, 15) is 4.79 Å². The minimum atomic E-state index is -0.310. The molecule has 0 aromatic rings. The van der Waals surface area contributed by atoms with Crippen LogP contribution in [-0.2, 0) is 14.3 Å². The summed E-state index contributed by atoms with van der Waals surface area (Å²) in [5, 5.41) is 0. The van der Waals surface area contributed by atoms with E-state index in [1.807, 2.05) is 0 Å². The molecule has 0 heterocycles. The van der Waals surface area contributed by atoms with E-state index in [-0.39, 0.29) is 36.2 Å². The van der Waals surface area contributed by atoms with Crippen molar-refractivity contribution >= 4 is 43.0 Å². The molecule has 5 heteroatoms. The molecule has 2 radical (unpaired) electrons. The molecule has 0 bridgehead atoms. The Morgan fingerprint density at radius 2 is 2.10 bits per heavy atom. The first-order valence-corrected chi connectivity index (χ1v) is 3.20. The van der Waals surface area contributed by atoms with Crippen LogP contribution in [0.4, 0.5) is 0 Å². The van der Waals surface area contributed by atoms with Gasteiger partial charge >= 0.3 is 30.4 Å². The summed E-state index contributed by atoms with van der Waals surface area (Å²) in [5.74, 6) is -0.181. The molecule has 0 aliphatic rings. The Morgan fingerprint density at radius 3 is 2.50 bits per heavy atom. The van der Waals surface area contributed by atoms with Gasteiger partial charge in [-0.3, -0.25) is 4.79 Å². The third-order valence-electron chi connectivity index (χ3n) is 0.680. The van der Waals surface area contributed by atoms with E-state index >= 15 is 0 Å². The van der Waals surface area contributed by atoms with Gasteiger partial charge in [-0.15, -0.1) is 0 Å². The normalized spacial score (nSPS) is 8.20. The van der Waals surface area contributed by atoms with Crippen LogP contribution in [-0.4, -0.2) is 56.5 Å². The molecule has 0 amide bonds. The molecule has 0 fully saturated rings. The van der Waals surface area contributed by atoms with Crippen LogP contribution >= 0.6 is 12.6 Å². The van der Waals surface area contributed by atoms with Gasteiger partial charge in [-0.25, -0.2) is 0 Å². The van der Waals surface area contributed by atoms with Crippen LogP contribution in [0.5, 0.6) is 0 Å². The number of methoxy groups -OCH3 is 1. The van der Waals surface area contributed by atoms with Crippen LogP contribution in [0.1, 0.15) is 0 Å². The summed E-state index contributed by atoms with van der Waals surface area (Å²) < 4.78 is 9.23. The zero-order chi connectivity index (χ0) is 7.11. The summed E-state index contributed by atoms with van der Waals surface area (Å²) in [5.41, 5.74) is 0. The Bertz CT molecular complexity index is 89.0. The fourth-order valence-corrected chi connectivity index (χ4v) is 0.376. The van der Waals surface area contributed by atoms with Gasteiger partial charge in [0.25, 0.3) is 0 Å². The van der Waals surface area contributed by atoms with Crippen LogP contribution in [0.3, 0.4) is 0 Å². The van der Waals surface area contributed by atoms with Gasteiger partial charge in [0.05, 0.1) is 12.4 Å². The molecule has 0 aromatic heterocycles. The minimum Gasteiger partial charge on any atom is -0.463 e. The maximum atomic E-state index is 10.3. The Morgan fingerprint density at radius 1 is 1.50 bits per heavy atom. The number of ether oxygens (including phenoxy) is 2. The Labute approximate surface area is 83.3 Å². The standard InChI is InChI=1S/C5H10O3S.Sb/c1-7-2-3-8-5(6)4-9;/h9H,2-4H2,1H3;/q;+3. The predicted octanol–water partition coefficient (Wildman–Crippen LogP) is -0.275. The average molecular weight is 272 g/mol. The van der Waals surface area contributed by atoms with Crippen LogP contribution in [0.15, 0.2) is 0 Å². The van der Waals surface area contributed by atoms with Crippen molar-refractivity contribution in [2.45, 2.75) is 0 Å². The SMILES string of the molecule is COCCOC(=O)CS.[Sb+3]. The monoisotopic (exact) mass is 271 g/mol. The zero-order valence-corrected chi connectivity index (χ0v) is 9.19. The summed E-state index contributed by atoms with van der Waals surface area (Å²) >= 11 is 3.70. The van der Waals surface area contributed by atoms with Gasteiger partial charge in [0, 0.05) is 7.11 Å². The molecule has 0 saturated heterocycles. The van der Waals surface area contributed by atoms with Crippen LogP contribution < -0.4 is 0 Å². The van der Waals surface area contributed by atoms with Gasteiger partial charge in [-0.1, -0.05) is 0 Å². The van der Waals surface area contributed by atoms with Crippen LogP contribution in [0.2, 0.25) is 0 Å². The van der Waals surface area contributed by atoms with Crippen molar-refractivity contribution in [3.05, 3.63) is 0 Å². The van der Waals surface area contributed by atoms with Gasteiger partial charge in [0.15, 0.2) is 0 Å². The fourth-order valence-electron chi connectivity index (χ4n) is 0.284. The van der Waals surface area contributed by atoms with E-state index in [1.54, 1.807) is 7.11 Å². The molecule has 0 saturated carbocycles. The molecule has 0 aliphatic heterocycles. The number of hydrogen-bond donors (Lipinski definition) is 1. The molecule has 0 aromatic carbocycles. The summed E-state index contributed by atoms with van der Waals surface area (Å²) in [6.45, 7) is 0.759. The first-order chi connectivity index (χ1) is 4.31. The summed E-state index contributed by atoms with van der Waals surface area (Å²) in [6, 6.07) is 0. The topological polar surface area (TPSA) is 35.5 Å². The third kappa shape index (κ3) is 8.60. The van der Waals surface area contributed by atoms with Crippen LogP contribution in [0.25, 0.3) is 0 Å². The second-order valence-corrected chi connectivity index (χ2v) is 1.69. The van der Waals surface area contributed by atoms with E-state index in [1.165, 1.54) is 0 Å². The summed E-state index contributed by atoms with van der Waals surface area (Å²) in [7, 11) is 1.55.